The number of hydrogen-bond acceptors (Lipinski definition) is 4. The summed E-state index contributed by atoms with van der Waals surface area (Å²) in [6, 6.07) is 0. The summed E-state index contributed by atoms with van der Waals surface area (Å²) >= 11 is 0. The SMILES string of the molecule is COc1c(O)c(C)c2c(c1OC)O[C@](C)(CC/C=C(/C)CC/C=C(/C)CC/C=C(/C)CC/C=C(/C)CC/C=C(/C)CC/C=C(/C)CC/C=C(/C)CC/C=C(/C)CCC=C(C)C)C=C2. The van der Waals surface area contributed by atoms with E-state index in [1.165, 1.54) is 76.5 Å². The largest absolute Gasteiger partial charge is 0.504 e. The Balaban J connectivity index is 1.62. The third-order valence-electron chi connectivity index (χ3n) is 12.4. The lowest BCUT2D eigenvalue weighted by Crippen LogP contribution is -2.32. The molecule has 1 aromatic rings. The van der Waals surface area contributed by atoms with Crippen LogP contribution >= 0.6 is 0 Å². The van der Waals surface area contributed by atoms with Crippen molar-refractivity contribution < 1.29 is 19.3 Å². The molecular weight excluding hydrogens is 773 g/mol. The minimum absolute atomic E-state index is 0.0867. The van der Waals surface area contributed by atoms with Crippen LogP contribution in [-0.4, -0.2) is 24.9 Å². The summed E-state index contributed by atoms with van der Waals surface area (Å²) in [5.74, 6) is 1.46. The highest BCUT2D eigenvalue weighted by atomic mass is 16.5. The number of aromatic hydroxyl groups is 1. The highest BCUT2D eigenvalue weighted by Gasteiger charge is 2.33. The second kappa shape index (κ2) is 30.0. The van der Waals surface area contributed by atoms with Gasteiger partial charge in [0.2, 0.25) is 11.5 Å². The minimum atomic E-state index is -0.474. The predicted octanol–water partition coefficient (Wildman–Crippen LogP) is 18.4. The second-order valence-electron chi connectivity index (χ2n) is 19.1. The van der Waals surface area contributed by atoms with E-state index in [2.05, 4.69) is 137 Å². The summed E-state index contributed by atoms with van der Waals surface area (Å²) in [4.78, 5) is 0. The Kier molecular flexibility index (Phi) is 26.2. The maximum absolute atomic E-state index is 10.6. The summed E-state index contributed by atoms with van der Waals surface area (Å²) in [5, 5.41) is 10.6. The molecule has 0 saturated carbocycles. The van der Waals surface area contributed by atoms with Gasteiger partial charge >= 0.3 is 0 Å². The Bertz CT molecular complexity index is 1890. The third-order valence-corrected chi connectivity index (χ3v) is 12.4. The number of hydrogen-bond donors (Lipinski definition) is 1. The first kappa shape index (κ1) is 55.0. The first-order valence-corrected chi connectivity index (χ1v) is 24.2. The van der Waals surface area contributed by atoms with Gasteiger partial charge < -0.3 is 19.3 Å². The maximum atomic E-state index is 10.6. The number of rotatable bonds is 29. The molecule has 4 nitrogen and oxygen atoms in total. The number of benzene rings is 1. The average Bonchev–Trinajstić information content (AvgIpc) is 3.21. The molecule has 350 valence electrons. The van der Waals surface area contributed by atoms with E-state index in [9.17, 15) is 5.11 Å². The van der Waals surface area contributed by atoms with Crippen LogP contribution < -0.4 is 14.2 Å². The number of fused-ring (bicyclic) bond motifs is 1. The molecule has 0 aromatic heterocycles. The molecule has 1 atom stereocenters. The Morgan fingerprint density at radius 3 is 1.10 bits per heavy atom. The van der Waals surface area contributed by atoms with E-state index in [0.717, 1.165) is 107 Å². The highest BCUT2D eigenvalue weighted by molar-refractivity contribution is 5.76. The summed E-state index contributed by atoms with van der Waals surface area (Å²) in [6.07, 6.45) is 46.0. The molecule has 0 bridgehead atoms. The molecule has 0 spiro atoms. The van der Waals surface area contributed by atoms with Crippen molar-refractivity contribution in [3.8, 4) is 23.0 Å². The van der Waals surface area contributed by atoms with Crippen molar-refractivity contribution in [2.75, 3.05) is 14.2 Å². The third kappa shape index (κ3) is 22.3. The molecule has 1 aliphatic rings. The first-order chi connectivity index (χ1) is 30.0. The monoisotopic (exact) mass is 863 g/mol. The fourth-order valence-electron chi connectivity index (χ4n) is 7.97. The number of phenols is 1. The van der Waals surface area contributed by atoms with Crippen LogP contribution in [0.2, 0.25) is 0 Å². The van der Waals surface area contributed by atoms with E-state index >= 15 is 0 Å². The average molecular weight is 863 g/mol. The fraction of sp³-hybridized carbons (Fsp3) is 0.559. The van der Waals surface area contributed by atoms with Gasteiger partial charge in [0.15, 0.2) is 11.5 Å². The Morgan fingerprint density at radius 2 is 0.794 bits per heavy atom. The molecule has 2 rings (SSSR count). The smallest absolute Gasteiger partial charge is 0.207 e. The molecule has 1 aromatic carbocycles. The Morgan fingerprint density at radius 1 is 0.492 bits per heavy atom. The molecule has 63 heavy (non-hydrogen) atoms. The molecular formula is C59H90O4. The van der Waals surface area contributed by atoms with Crippen LogP contribution in [0.4, 0.5) is 0 Å². The molecule has 0 amide bonds. The maximum Gasteiger partial charge on any atom is 0.207 e. The van der Waals surface area contributed by atoms with Gasteiger partial charge in [-0.05, 0) is 205 Å². The van der Waals surface area contributed by atoms with Crippen LogP contribution in [-0.2, 0) is 0 Å². The van der Waals surface area contributed by atoms with E-state index in [1.54, 1.807) is 7.11 Å². The fourth-order valence-corrected chi connectivity index (χ4v) is 7.97. The van der Waals surface area contributed by atoms with E-state index < -0.39 is 5.60 Å². The standard InChI is InChI=1S/C59H90O4/c1-44(2)24-15-25-45(3)26-16-27-46(4)28-17-29-47(5)30-18-31-48(6)32-19-33-49(7)34-20-35-50(8)36-21-37-51(9)38-22-39-52(10)40-23-42-59(12)43-41-54-53(11)55(60)57(61-13)58(62-14)56(54)63-59/h24,26,28,30,32,34,36,38,40-41,43,60H,15-23,25,27,29,31,33,35,37,39,42H2,1-14H3/b45-26-,46-28-,47-30-,48-32-,49-34-,50-36-,51-38-,52-40-/t59-/m1/s1. The van der Waals surface area contributed by atoms with Gasteiger partial charge in [-0.15, -0.1) is 0 Å². The highest BCUT2D eigenvalue weighted by Crippen LogP contribution is 2.52. The Hall–Kier alpha value is -4.18. The number of ether oxygens (including phenoxy) is 3. The lowest BCUT2D eigenvalue weighted by Gasteiger charge is -2.33. The molecule has 0 radical (unpaired) electrons. The van der Waals surface area contributed by atoms with Crippen LogP contribution in [0.3, 0.4) is 0 Å². The predicted molar refractivity (Wildman–Crippen MR) is 277 cm³/mol. The minimum Gasteiger partial charge on any atom is -0.504 e. The van der Waals surface area contributed by atoms with Crippen molar-refractivity contribution >= 4 is 6.08 Å². The lowest BCUT2D eigenvalue weighted by molar-refractivity contribution is 0.122. The lowest BCUT2D eigenvalue weighted by atomic mass is 9.92. The van der Waals surface area contributed by atoms with Crippen molar-refractivity contribution in [3.05, 3.63) is 122 Å². The summed E-state index contributed by atoms with van der Waals surface area (Å²) in [5.41, 5.74) is 14.5. The van der Waals surface area contributed by atoms with Crippen molar-refractivity contribution in [1.29, 1.82) is 0 Å². The van der Waals surface area contributed by atoms with Crippen LogP contribution in [0.25, 0.3) is 6.08 Å². The molecule has 0 unspecified atom stereocenters. The molecule has 1 N–H and O–H groups in total. The Labute approximate surface area is 387 Å². The molecule has 1 heterocycles. The van der Waals surface area contributed by atoms with E-state index in [-0.39, 0.29) is 5.75 Å². The summed E-state index contributed by atoms with van der Waals surface area (Å²) in [7, 11) is 3.11. The van der Waals surface area contributed by atoms with E-state index in [0.29, 0.717) is 17.2 Å². The van der Waals surface area contributed by atoms with Gasteiger partial charge in [0.25, 0.3) is 0 Å². The van der Waals surface area contributed by atoms with Crippen LogP contribution in [0.5, 0.6) is 23.0 Å². The van der Waals surface area contributed by atoms with Gasteiger partial charge in [-0.3, -0.25) is 0 Å². The van der Waals surface area contributed by atoms with Crippen molar-refractivity contribution in [2.45, 2.75) is 204 Å². The number of phenolic OH excluding ortho intramolecular Hbond substituents is 1. The van der Waals surface area contributed by atoms with E-state index in [1.807, 2.05) is 13.0 Å². The van der Waals surface area contributed by atoms with Crippen LogP contribution in [0, 0.1) is 6.92 Å². The zero-order chi connectivity index (χ0) is 46.8. The topological polar surface area (TPSA) is 47.9 Å². The van der Waals surface area contributed by atoms with E-state index in [4.69, 9.17) is 14.2 Å². The van der Waals surface area contributed by atoms with Gasteiger partial charge in [-0.1, -0.05) is 111 Å². The molecule has 0 saturated heterocycles. The van der Waals surface area contributed by atoms with Gasteiger partial charge in [-0.2, -0.15) is 0 Å². The molecule has 1 aliphatic heterocycles. The normalized spacial score (nSPS) is 16.9. The summed E-state index contributed by atoms with van der Waals surface area (Å²) in [6.45, 7) is 26.6. The molecule has 4 heteroatoms. The van der Waals surface area contributed by atoms with Gasteiger partial charge in [-0.25, -0.2) is 0 Å². The second-order valence-corrected chi connectivity index (χ2v) is 19.1. The number of allylic oxidation sites excluding steroid dienone is 18. The van der Waals surface area contributed by atoms with Crippen molar-refractivity contribution in [2.24, 2.45) is 0 Å². The van der Waals surface area contributed by atoms with Crippen LogP contribution in [0.15, 0.2) is 111 Å². The van der Waals surface area contributed by atoms with Gasteiger partial charge in [0.05, 0.1) is 14.2 Å². The van der Waals surface area contributed by atoms with Crippen LogP contribution in [0.1, 0.15) is 203 Å². The van der Waals surface area contributed by atoms with Crippen molar-refractivity contribution in [3.63, 3.8) is 0 Å². The first-order valence-electron chi connectivity index (χ1n) is 24.2. The molecule has 0 fully saturated rings. The van der Waals surface area contributed by atoms with Gasteiger partial charge in [0, 0.05) is 11.1 Å². The summed E-state index contributed by atoms with van der Waals surface area (Å²) < 4.78 is 17.6. The zero-order valence-corrected chi connectivity index (χ0v) is 42.8. The van der Waals surface area contributed by atoms with Gasteiger partial charge in [0.1, 0.15) is 5.60 Å². The molecule has 0 aliphatic carbocycles. The quantitative estimate of drug-likeness (QED) is 0.0815. The zero-order valence-electron chi connectivity index (χ0n) is 42.8. The number of methoxy groups -OCH3 is 2. The van der Waals surface area contributed by atoms with Crippen molar-refractivity contribution in [1.82, 2.24) is 0 Å².